The Balaban J connectivity index is 1.36. The van der Waals surface area contributed by atoms with Gasteiger partial charge in [-0.05, 0) is 42.3 Å². The summed E-state index contributed by atoms with van der Waals surface area (Å²) in [6.07, 6.45) is 0.123. The van der Waals surface area contributed by atoms with Gasteiger partial charge in [-0.3, -0.25) is 4.90 Å². The molecule has 2 atom stereocenters. The Hall–Kier alpha value is -3.10. The van der Waals surface area contributed by atoms with Crippen LogP contribution in [0, 0.1) is 0 Å². The molecule has 1 fully saturated rings. The summed E-state index contributed by atoms with van der Waals surface area (Å²) >= 11 is 0. The zero-order chi connectivity index (χ0) is 19.8. The van der Waals surface area contributed by atoms with E-state index in [2.05, 4.69) is 15.0 Å². The molecular weight excluding hydrogens is 374 g/mol. The Bertz CT molecular complexity index is 1000. The van der Waals surface area contributed by atoms with Gasteiger partial charge in [-0.2, -0.15) is 4.98 Å². The van der Waals surface area contributed by atoms with Crippen molar-refractivity contribution < 1.29 is 23.8 Å². The highest BCUT2D eigenvalue weighted by Crippen LogP contribution is 2.37. The van der Waals surface area contributed by atoms with E-state index in [4.69, 9.17) is 18.7 Å². The van der Waals surface area contributed by atoms with Gasteiger partial charge in [-0.1, -0.05) is 17.3 Å². The topological polar surface area (TPSA) is 90.1 Å². The lowest BCUT2D eigenvalue weighted by atomic mass is 10.1. The fraction of sp³-hybridized carbons (Fsp3) is 0.333. The summed E-state index contributed by atoms with van der Waals surface area (Å²) in [5.41, 5.74) is 1.92. The number of rotatable bonds is 5. The van der Waals surface area contributed by atoms with E-state index in [1.165, 1.54) is 0 Å². The molecule has 2 aliphatic heterocycles. The molecule has 8 nitrogen and oxygen atoms in total. The maximum atomic E-state index is 10.2. The van der Waals surface area contributed by atoms with Crippen molar-refractivity contribution in [2.75, 3.05) is 20.4 Å². The van der Waals surface area contributed by atoms with Gasteiger partial charge in [0.15, 0.2) is 11.5 Å². The maximum absolute atomic E-state index is 10.2. The van der Waals surface area contributed by atoms with Crippen molar-refractivity contribution in [2.24, 2.45) is 0 Å². The van der Waals surface area contributed by atoms with Crippen molar-refractivity contribution in [1.82, 2.24) is 15.0 Å². The van der Waals surface area contributed by atoms with Crippen LogP contribution >= 0.6 is 0 Å². The Morgan fingerprint density at radius 3 is 2.79 bits per heavy atom. The standard InChI is InChI=1S/C21H21N3O5/c1-26-16-5-2-13(3-6-16)10-24-11-15(25)9-17(24)21-22-20(23-29-21)14-4-7-18-19(8-14)28-12-27-18/h2-8,15,17,25H,9-12H2,1H3/t15-,17+/m1/s1. The lowest BCUT2D eigenvalue weighted by Gasteiger charge is -2.21. The quantitative estimate of drug-likeness (QED) is 0.705. The number of fused-ring (bicyclic) bond motifs is 1. The first kappa shape index (κ1) is 18.0. The van der Waals surface area contributed by atoms with Crippen LogP contribution in [0.15, 0.2) is 47.0 Å². The second kappa shape index (κ2) is 7.38. The summed E-state index contributed by atoms with van der Waals surface area (Å²) in [7, 11) is 1.65. The Morgan fingerprint density at radius 2 is 1.97 bits per heavy atom. The number of aliphatic hydroxyl groups is 1. The van der Waals surface area contributed by atoms with Crippen LogP contribution in [-0.4, -0.2) is 46.7 Å². The average molecular weight is 395 g/mol. The van der Waals surface area contributed by atoms with Crippen molar-refractivity contribution in [3.63, 3.8) is 0 Å². The van der Waals surface area contributed by atoms with Crippen molar-refractivity contribution in [1.29, 1.82) is 0 Å². The van der Waals surface area contributed by atoms with Gasteiger partial charge >= 0.3 is 0 Å². The molecule has 3 heterocycles. The van der Waals surface area contributed by atoms with E-state index in [0.717, 1.165) is 16.9 Å². The molecule has 5 rings (SSSR count). The van der Waals surface area contributed by atoms with Crippen molar-refractivity contribution in [2.45, 2.75) is 25.1 Å². The maximum Gasteiger partial charge on any atom is 0.244 e. The molecule has 0 amide bonds. The second-order valence-corrected chi connectivity index (χ2v) is 7.21. The van der Waals surface area contributed by atoms with Gasteiger partial charge in [-0.25, -0.2) is 0 Å². The summed E-state index contributed by atoms with van der Waals surface area (Å²) in [6.45, 7) is 1.45. The van der Waals surface area contributed by atoms with E-state index in [1.807, 2.05) is 42.5 Å². The predicted octanol–water partition coefficient (Wildman–Crippen LogP) is 2.78. The Morgan fingerprint density at radius 1 is 1.14 bits per heavy atom. The molecule has 0 radical (unpaired) electrons. The van der Waals surface area contributed by atoms with Crippen LogP contribution in [0.1, 0.15) is 23.9 Å². The first-order valence-electron chi connectivity index (χ1n) is 9.48. The number of methoxy groups -OCH3 is 1. The molecule has 2 aliphatic rings. The summed E-state index contributed by atoms with van der Waals surface area (Å²) in [5.74, 6) is 3.19. The van der Waals surface area contributed by atoms with Gasteiger partial charge in [0.2, 0.25) is 18.5 Å². The van der Waals surface area contributed by atoms with Gasteiger partial charge in [0, 0.05) is 18.7 Å². The molecule has 150 valence electrons. The molecule has 0 saturated carbocycles. The molecule has 0 unspecified atom stereocenters. The first-order chi connectivity index (χ1) is 14.2. The van der Waals surface area contributed by atoms with Gasteiger partial charge in [0.05, 0.1) is 19.3 Å². The van der Waals surface area contributed by atoms with E-state index >= 15 is 0 Å². The van der Waals surface area contributed by atoms with Crippen molar-refractivity contribution in [3.05, 3.63) is 53.9 Å². The molecule has 8 heteroatoms. The highest BCUT2D eigenvalue weighted by molar-refractivity contribution is 5.61. The normalized spacial score (nSPS) is 20.9. The van der Waals surface area contributed by atoms with Crippen molar-refractivity contribution >= 4 is 0 Å². The fourth-order valence-electron chi connectivity index (χ4n) is 3.80. The number of ether oxygens (including phenoxy) is 3. The van der Waals surface area contributed by atoms with Crippen LogP contribution in [-0.2, 0) is 6.54 Å². The third-order valence-corrected chi connectivity index (χ3v) is 5.28. The number of hydrogen-bond acceptors (Lipinski definition) is 8. The van der Waals surface area contributed by atoms with E-state index in [9.17, 15) is 5.11 Å². The number of benzene rings is 2. The molecule has 0 bridgehead atoms. The summed E-state index contributed by atoms with van der Waals surface area (Å²) in [5, 5.41) is 14.4. The SMILES string of the molecule is COc1ccc(CN2C[C@H](O)C[C@H]2c2nc(-c3ccc4c(c3)OCO4)no2)cc1. The molecule has 29 heavy (non-hydrogen) atoms. The zero-order valence-electron chi connectivity index (χ0n) is 15.9. The molecule has 2 aromatic carbocycles. The van der Waals surface area contributed by atoms with Crippen LogP contribution < -0.4 is 14.2 Å². The number of aromatic nitrogens is 2. The minimum atomic E-state index is -0.431. The summed E-state index contributed by atoms with van der Waals surface area (Å²) in [6, 6.07) is 13.3. The highest BCUT2D eigenvalue weighted by atomic mass is 16.7. The minimum absolute atomic E-state index is 0.137. The van der Waals surface area contributed by atoms with Crippen LogP contribution in [0.5, 0.6) is 17.2 Å². The fourth-order valence-corrected chi connectivity index (χ4v) is 3.80. The zero-order valence-corrected chi connectivity index (χ0v) is 15.9. The van der Waals surface area contributed by atoms with Crippen LogP contribution in [0.25, 0.3) is 11.4 Å². The summed E-state index contributed by atoms with van der Waals surface area (Å²) < 4.78 is 21.6. The van der Waals surface area contributed by atoms with E-state index < -0.39 is 6.10 Å². The van der Waals surface area contributed by atoms with Crippen LogP contribution in [0.2, 0.25) is 0 Å². The van der Waals surface area contributed by atoms with E-state index in [1.54, 1.807) is 7.11 Å². The molecule has 0 aliphatic carbocycles. The van der Waals surface area contributed by atoms with E-state index in [-0.39, 0.29) is 12.8 Å². The Labute approximate surface area is 167 Å². The molecule has 1 saturated heterocycles. The van der Waals surface area contributed by atoms with Gasteiger partial charge in [-0.15, -0.1) is 0 Å². The highest BCUT2D eigenvalue weighted by Gasteiger charge is 2.36. The number of β-amino-alcohol motifs (C(OH)–C–C–N with tert-alkyl or cyclic N) is 1. The molecule has 0 spiro atoms. The lowest BCUT2D eigenvalue weighted by Crippen LogP contribution is -2.24. The number of hydrogen-bond donors (Lipinski definition) is 1. The van der Waals surface area contributed by atoms with Crippen LogP contribution in [0.3, 0.4) is 0 Å². The molecule has 3 aromatic rings. The van der Waals surface area contributed by atoms with Crippen molar-refractivity contribution in [3.8, 4) is 28.6 Å². The molecule has 1 aromatic heterocycles. The molecule has 1 N–H and O–H groups in total. The average Bonchev–Trinajstić information content (AvgIpc) is 3.47. The van der Waals surface area contributed by atoms with Gasteiger partial charge < -0.3 is 23.8 Å². The minimum Gasteiger partial charge on any atom is -0.497 e. The number of likely N-dealkylation sites (tertiary alicyclic amines) is 1. The third kappa shape index (κ3) is 3.52. The predicted molar refractivity (Wildman–Crippen MR) is 103 cm³/mol. The second-order valence-electron chi connectivity index (χ2n) is 7.21. The Kier molecular flexibility index (Phi) is 4.57. The largest absolute Gasteiger partial charge is 0.497 e. The van der Waals surface area contributed by atoms with Gasteiger partial charge in [0.25, 0.3) is 0 Å². The smallest absolute Gasteiger partial charge is 0.244 e. The van der Waals surface area contributed by atoms with Crippen LogP contribution in [0.4, 0.5) is 0 Å². The molecular formula is C21H21N3O5. The first-order valence-corrected chi connectivity index (χ1v) is 9.48. The third-order valence-electron chi connectivity index (χ3n) is 5.28. The summed E-state index contributed by atoms with van der Waals surface area (Å²) in [4.78, 5) is 6.75. The van der Waals surface area contributed by atoms with Gasteiger partial charge in [0.1, 0.15) is 5.75 Å². The monoisotopic (exact) mass is 395 g/mol. The lowest BCUT2D eigenvalue weighted by molar-refractivity contribution is 0.169. The number of aliphatic hydroxyl groups excluding tert-OH is 1. The number of nitrogens with zero attached hydrogens (tertiary/aromatic N) is 3. The van der Waals surface area contributed by atoms with E-state index in [0.29, 0.717) is 42.7 Å².